The van der Waals surface area contributed by atoms with Gasteiger partial charge in [0, 0.05) is 13.1 Å². The van der Waals surface area contributed by atoms with Gasteiger partial charge in [0.2, 0.25) is 0 Å². The number of amides is 1. The zero-order chi connectivity index (χ0) is 14.5. The standard InChI is InChI=1S/C15H24N2O2/c1-15(2,3)19-14(18)16-10-12-7-6-8-13(9-12)11-17(4)5/h6-9H,10-11H2,1-5H3,(H,16,18). The second-order valence-electron chi connectivity index (χ2n) is 5.91. The summed E-state index contributed by atoms with van der Waals surface area (Å²) in [6, 6.07) is 8.18. The van der Waals surface area contributed by atoms with Crippen molar-refractivity contribution in [1.29, 1.82) is 0 Å². The fourth-order valence-corrected chi connectivity index (χ4v) is 1.69. The molecule has 0 bridgehead atoms. The third-order valence-corrected chi connectivity index (χ3v) is 2.33. The Kier molecular flexibility index (Phi) is 5.36. The summed E-state index contributed by atoms with van der Waals surface area (Å²) < 4.78 is 5.20. The van der Waals surface area contributed by atoms with E-state index in [9.17, 15) is 4.79 Å². The molecular weight excluding hydrogens is 240 g/mol. The Labute approximate surface area is 115 Å². The number of carbonyl (C=O) groups is 1. The van der Waals surface area contributed by atoms with Crippen LogP contribution < -0.4 is 5.32 Å². The number of ether oxygens (including phenoxy) is 1. The molecule has 4 nitrogen and oxygen atoms in total. The van der Waals surface area contributed by atoms with E-state index >= 15 is 0 Å². The Morgan fingerprint density at radius 3 is 2.47 bits per heavy atom. The molecule has 1 amide bonds. The highest BCUT2D eigenvalue weighted by Crippen LogP contribution is 2.09. The van der Waals surface area contributed by atoms with Crippen LogP contribution in [0.3, 0.4) is 0 Å². The maximum Gasteiger partial charge on any atom is 0.407 e. The molecule has 0 saturated carbocycles. The van der Waals surface area contributed by atoms with E-state index in [0.717, 1.165) is 12.1 Å². The van der Waals surface area contributed by atoms with Crippen molar-refractivity contribution < 1.29 is 9.53 Å². The van der Waals surface area contributed by atoms with Crippen molar-refractivity contribution in [3.63, 3.8) is 0 Å². The van der Waals surface area contributed by atoms with Gasteiger partial charge >= 0.3 is 6.09 Å². The van der Waals surface area contributed by atoms with Crippen LogP contribution in [0.1, 0.15) is 31.9 Å². The van der Waals surface area contributed by atoms with Crippen molar-refractivity contribution in [2.75, 3.05) is 14.1 Å². The van der Waals surface area contributed by atoms with Gasteiger partial charge in [-0.25, -0.2) is 4.79 Å². The monoisotopic (exact) mass is 264 g/mol. The Morgan fingerprint density at radius 1 is 1.26 bits per heavy atom. The van der Waals surface area contributed by atoms with E-state index in [4.69, 9.17) is 4.74 Å². The second kappa shape index (κ2) is 6.57. The van der Waals surface area contributed by atoms with Gasteiger partial charge in [-0.1, -0.05) is 24.3 Å². The second-order valence-corrected chi connectivity index (χ2v) is 5.91. The molecule has 0 fully saturated rings. The summed E-state index contributed by atoms with van der Waals surface area (Å²) >= 11 is 0. The average Bonchev–Trinajstić information content (AvgIpc) is 2.23. The van der Waals surface area contributed by atoms with Gasteiger partial charge in [0.25, 0.3) is 0 Å². The molecule has 1 aromatic rings. The van der Waals surface area contributed by atoms with Crippen LogP contribution >= 0.6 is 0 Å². The highest BCUT2D eigenvalue weighted by Gasteiger charge is 2.15. The summed E-state index contributed by atoms with van der Waals surface area (Å²) in [5.74, 6) is 0. The summed E-state index contributed by atoms with van der Waals surface area (Å²) in [5, 5.41) is 2.76. The van der Waals surface area contributed by atoms with E-state index in [1.54, 1.807) is 0 Å². The maximum atomic E-state index is 11.6. The smallest absolute Gasteiger partial charge is 0.407 e. The summed E-state index contributed by atoms with van der Waals surface area (Å²) in [6.07, 6.45) is -0.384. The quantitative estimate of drug-likeness (QED) is 0.909. The first-order valence-corrected chi connectivity index (χ1v) is 6.46. The largest absolute Gasteiger partial charge is 0.444 e. The molecule has 0 aromatic heterocycles. The summed E-state index contributed by atoms with van der Waals surface area (Å²) in [7, 11) is 4.07. The lowest BCUT2D eigenvalue weighted by molar-refractivity contribution is 0.0523. The van der Waals surface area contributed by atoms with Gasteiger partial charge in [-0.05, 0) is 46.0 Å². The number of nitrogens with zero attached hydrogens (tertiary/aromatic N) is 1. The van der Waals surface area contributed by atoms with Crippen LogP contribution in [0.15, 0.2) is 24.3 Å². The minimum Gasteiger partial charge on any atom is -0.444 e. The molecule has 0 unspecified atom stereocenters. The molecule has 1 N–H and O–H groups in total. The molecule has 4 heteroatoms. The zero-order valence-corrected chi connectivity index (χ0v) is 12.5. The topological polar surface area (TPSA) is 41.6 Å². The van der Waals surface area contributed by atoms with Gasteiger partial charge in [-0.15, -0.1) is 0 Å². The van der Waals surface area contributed by atoms with Crippen LogP contribution in [-0.4, -0.2) is 30.7 Å². The van der Waals surface area contributed by atoms with Crippen molar-refractivity contribution in [2.24, 2.45) is 0 Å². The summed E-state index contributed by atoms with van der Waals surface area (Å²) in [5.41, 5.74) is 1.84. The van der Waals surface area contributed by atoms with Gasteiger partial charge in [-0.2, -0.15) is 0 Å². The predicted molar refractivity (Wildman–Crippen MR) is 76.9 cm³/mol. The third-order valence-electron chi connectivity index (χ3n) is 2.33. The Hall–Kier alpha value is -1.55. The predicted octanol–water partition coefficient (Wildman–Crippen LogP) is 2.77. The molecule has 0 spiro atoms. The van der Waals surface area contributed by atoms with E-state index in [1.807, 2.05) is 47.0 Å². The van der Waals surface area contributed by atoms with Gasteiger partial charge in [0.1, 0.15) is 5.60 Å². The minimum absolute atomic E-state index is 0.384. The molecule has 0 heterocycles. The Balaban J connectivity index is 2.51. The maximum absolute atomic E-state index is 11.6. The van der Waals surface area contributed by atoms with Crippen LogP contribution in [0.2, 0.25) is 0 Å². The SMILES string of the molecule is CN(C)Cc1cccc(CNC(=O)OC(C)(C)C)c1. The number of carbonyl (C=O) groups excluding carboxylic acids is 1. The third kappa shape index (κ3) is 6.82. The van der Waals surface area contributed by atoms with Gasteiger partial charge in [-0.3, -0.25) is 0 Å². The molecule has 0 aliphatic rings. The highest BCUT2D eigenvalue weighted by molar-refractivity contribution is 5.67. The number of hydrogen-bond donors (Lipinski definition) is 1. The molecule has 0 aliphatic heterocycles. The molecule has 0 atom stereocenters. The van der Waals surface area contributed by atoms with Gasteiger partial charge in [0.15, 0.2) is 0 Å². The Bertz CT molecular complexity index is 422. The fourth-order valence-electron chi connectivity index (χ4n) is 1.69. The van der Waals surface area contributed by atoms with Gasteiger partial charge in [0.05, 0.1) is 0 Å². The molecule has 0 radical (unpaired) electrons. The van der Waals surface area contributed by atoms with Crippen molar-refractivity contribution in [3.8, 4) is 0 Å². The van der Waals surface area contributed by atoms with Crippen LogP contribution in [-0.2, 0) is 17.8 Å². The average molecular weight is 264 g/mol. The zero-order valence-electron chi connectivity index (χ0n) is 12.5. The van der Waals surface area contributed by atoms with E-state index in [2.05, 4.69) is 22.3 Å². The highest BCUT2D eigenvalue weighted by atomic mass is 16.6. The van der Waals surface area contributed by atoms with Crippen LogP contribution in [0.4, 0.5) is 4.79 Å². The number of benzene rings is 1. The molecule has 106 valence electrons. The van der Waals surface area contributed by atoms with Crippen LogP contribution in [0.5, 0.6) is 0 Å². The number of alkyl carbamates (subject to hydrolysis) is 1. The van der Waals surface area contributed by atoms with Crippen LogP contribution in [0.25, 0.3) is 0 Å². The van der Waals surface area contributed by atoms with Crippen molar-refractivity contribution in [1.82, 2.24) is 10.2 Å². The molecule has 1 aromatic carbocycles. The molecule has 0 aliphatic carbocycles. The normalized spacial score (nSPS) is 11.5. The Morgan fingerprint density at radius 2 is 1.89 bits per heavy atom. The molecule has 1 rings (SSSR count). The van der Waals surface area contributed by atoms with Crippen molar-refractivity contribution in [2.45, 2.75) is 39.5 Å². The lowest BCUT2D eigenvalue weighted by Gasteiger charge is -2.19. The first-order chi connectivity index (χ1) is 8.76. The van der Waals surface area contributed by atoms with E-state index in [0.29, 0.717) is 6.54 Å². The molecular formula is C15H24N2O2. The van der Waals surface area contributed by atoms with Crippen molar-refractivity contribution >= 4 is 6.09 Å². The first kappa shape index (κ1) is 15.5. The molecule has 0 saturated heterocycles. The number of rotatable bonds is 4. The van der Waals surface area contributed by atoms with Gasteiger partial charge < -0.3 is 15.0 Å². The van der Waals surface area contributed by atoms with E-state index in [-0.39, 0.29) is 6.09 Å². The molecule has 19 heavy (non-hydrogen) atoms. The van der Waals surface area contributed by atoms with E-state index in [1.165, 1.54) is 5.56 Å². The number of nitrogens with one attached hydrogen (secondary N) is 1. The van der Waals surface area contributed by atoms with E-state index < -0.39 is 5.60 Å². The summed E-state index contributed by atoms with van der Waals surface area (Å²) in [4.78, 5) is 13.7. The summed E-state index contributed by atoms with van der Waals surface area (Å²) in [6.45, 7) is 6.93. The van der Waals surface area contributed by atoms with Crippen LogP contribution in [0, 0.1) is 0 Å². The fraction of sp³-hybridized carbons (Fsp3) is 0.533. The lowest BCUT2D eigenvalue weighted by Crippen LogP contribution is -2.32. The number of hydrogen-bond acceptors (Lipinski definition) is 3. The van der Waals surface area contributed by atoms with Crippen molar-refractivity contribution in [3.05, 3.63) is 35.4 Å². The first-order valence-electron chi connectivity index (χ1n) is 6.46. The lowest BCUT2D eigenvalue weighted by atomic mass is 10.1. The minimum atomic E-state index is -0.461.